The Hall–Kier alpha value is -2.14. The fraction of sp³-hybridized carbons (Fsp3) is 0.412. The van der Waals surface area contributed by atoms with Crippen molar-refractivity contribution >= 4 is 11.0 Å². The van der Waals surface area contributed by atoms with Crippen LogP contribution in [0.1, 0.15) is 18.6 Å². The summed E-state index contributed by atoms with van der Waals surface area (Å²) in [5.41, 5.74) is 2.24. The van der Waals surface area contributed by atoms with Crippen molar-refractivity contribution in [3.63, 3.8) is 0 Å². The van der Waals surface area contributed by atoms with E-state index in [1.165, 1.54) is 5.52 Å². The molecule has 5 nitrogen and oxygen atoms in total. The topological polar surface area (TPSA) is 47.7 Å². The van der Waals surface area contributed by atoms with Gasteiger partial charge in [-0.15, -0.1) is 0 Å². The van der Waals surface area contributed by atoms with E-state index in [1.807, 2.05) is 25.4 Å². The highest BCUT2D eigenvalue weighted by atomic mass is 15.1. The van der Waals surface area contributed by atoms with Gasteiger partial charge in [0.2, 0.25) is 0 Å². The van der Waals surface area contributed by atoms with Crippen LogP contribution in [-0.4, -0.2) is 25.6 Å². The smallest absolute Gasteiger partial charge is 0.123 e. The maximum atomic E-state index is 4.68. The van der Waals surface area contributed by atoms with Gasteiger partial charge in [-0.1, -0.05) is 19.1 Å². The molecule has 5 heteroatoms. The number of imidazole rings is 2. The summed E-state index contributed by atoms with van der Waals surface area (Å²) in [5, 5.41) is 3.52. The molecule has 0 radical (unpaired) electrons. The number of hydrogen-bond donors (Lipinski definition) is 1. The maximum Gasteiger partial charge on any atom is 0.123 e. The lowest BCUT2D eigenvalue weighted by molar-refractivity contribution is 0.436. The molecule has 0 bridgehead atoms. The molecule has 3 aromatic rings. The molecule has 0 aliphatic heterocycles. The van der Waals surface area contributed by atoms with E-state index in [-0.39, 0.29) is 0 Å². The molecular formula is C17H23N5. The summed E-state index contributed by atoms with van der Waals surface area (Å²) in [7, 11) is 2.07. The summed E-state index contributed by atoms with van der Waals surface area (Å²) in [5.74, 6) is 2.69. The van der Waals surface area contributed by atoms with Gasteiger partial charge in [-0.2, -0.15) is 0 Å². The molecule has 2 aromatic heterocycles. The van der Waals surface area contributed by atoms with E-state index in [4.69, 9.17) is 0 Å². The third-order valence-corrected chi connectivity index (χ3v) is 4.09. The van der Waals surface area contributed by atoms with Crippen molar-refractivity contribution in [3.8, 4) is 0 Å². The van der Waals surface area contributed by atoms with Gasteiger partial charge in [0, 0.05) is 26.0 Å². The number of rotatable bonds is 6. The van der Waals surface area contributed by atoms with Gasteiger partial charge in [0.25, 0.3) is 0 Å². The normalized spacial score (nSPS) is 12.9. The first-order valence-corrected chi connectivity index (χ1v) is 7.74. The van der Waals surface area contributed by atoms with Crippen molar-refractivity contribution in [3.05, 3.63) is 48.3 Å². The van der Waals surface area contributed by atoms with Crippen molar-refractivity contribution in [1.29, 1.82) is 0 Å². The van der Waals surface area contributed by atoms with E-state index < -0.39 is 0 Å². The first-order chi connectivity index (χ1) is 10.6. The van der Waals surface area contributed by atoms with Gasteiger partial charge < -0.3 is 14.5 Å². The third-order valence-electron chi connectivity index (χ3n) is 4.09. The van der Waals surface area contributed by atoms with Crippen LogP contribution in [0, 0.1) is 12.8 Å². The Balaban J connectivity index is 1.56. The molecule has 1 atom stereocenters. The zero-order valence-electron chi connectivity index (χ0n) is 13.5. The number of aromatic nitrogens is 4. The highest BCUT2D eigenvalue weighted by molar-refractivity contribution is 5.75. The number of aryl methyl sites for hydroxylation is 2. The SMILES string of the molecule is Cc1nccn1CC(C)CNCc1nc2ccccc2n1C. The van der Waals surface area contributed by atoms with E-state index in [0.29, 0.717) is 5.92 Å². The Morgan fingerprint density at radius 1 is 1.27 bits per heavy atom. The van der Waals surface area contributed by atoms with Crippen molar-refractivity contribution in [2.75, 3.05) is 6.54 Å². The van der Waals surface area contributed by atoms with E-state index in [9.17, 15) is 0 Å². The average Bonchev–Trinajstić information content (AvgIpc) is 3.04. The predicted octanol–water partition coefficient (Wildman–Crippen LogP) is 2.50. The van der Waals surface area contributed by atoms with Crippen molar-refractivity contribution in [1.82, 2.24) is 24.4 Å². The maximum absolute atomic E-state index is 4.68. The molecule has 0 saturated carbocycles. The van der Waals surface area contributed by atoms with Crippen LogP contribution < -0.4 is 5.32 Å². The number of nitrogens with zero attached hydrogens (tertiary/aromatic N) is 4. The Labute approximate surface area is 131 Å². The fourth-order valence-corrected chi connectivity index (χ4v) is 2.78. The lowest BCUT2D eigenvalue weighted by atomic mass is 10.2. The molecule has 1 aromatic carbocycles. The molecule has 3 rings (SSSR count). The van der Waals surface area contributed by atoms with Gasteiger partial charge in [-0.25, -0.2) is 9.97 Å². The number of para-hydroxylation sites is 2. The molecule has 1 N–H and O–H groups in total. The number of fused-ring (bicyclic) bond motifs is 1. The summed E-state index contributed by atoms with van der Waals surface area (Å²) >= 11 is 0. The van der Waals surface area contributed by atoms with Crippen molar-refractivity contribution in [2.24, 2.45) is 13.0 Å². The Morgan fingerprint density at radius 3 is 2.82 bits per heavy atom. The van der Waals surface area contributed by atoms with Crippen molar-refractivity contribution < 1.29 is 0 Å². The Kier molecular flexibility index (Phi) is 4.24. The molecule has 116 valence electrons. The third kappa shape index (κ3) is 3.04. The van der Waals surface area contributed by atoms with Crippen LogP contribution in [0.3, 0.4) is 0 Å². The average molecular weight is 297 g/mol. The second-order valence-corrected chi connectivity index (χ2v) is 5.94. The van der Waals surface area contributed by atoms with E-state index >= 15 is 0 Å². The van der Waals surface area contributed by atoms with E-state index in [1.54, 1.807) is 0 Å². The summed E-state index contributed by atoms with van der Waals surface area (Å²) in [4.78, 5) is 8.95. The fourth-order valence-electron chi connectivity index (χ4n) is 2.78. The van der Waals surface area contributed by atoms with Crippen LogP contribution in [0.15, 0.2) is 36.7 Å². The van der Waals surface area contributed by atoms with Crippen LogP contribution in [0.2, 0.25) is 0 Å². The van der Waals surface area contributed by atoms with Gasteiger partial charge >= 0.3 is 0 Å². The first kappa shape index (κ1) is 14.8. The quantitative estimate of drug-likeness (QED) is 0.760. The summed E-state index contributed by atoms with van der Waals surface area (Å²) in [6, 6.07) is 8.25. The molecule has 22 heavy (non-hydrogen) atoms. The first-order valence-electron chi connectivity index (χ1n) is 7.74. The van der Waals surface area contributed by atoms with Crippen molar-refractivity contribution in [2.45, 2.75) is 26.9 Å². The van der Waals surface area contributed by atoms with Crippen LogP contribution in [0.5, 0.6) is 0 Å². The summed E-state index contributed by atoms with van der Waals surface area (Å²) < 4.78 is 4.36. The number of hydrogen-bond acceptors (Lipinski definition) is 3. The molecule has 0 spiro atoms. The minimum Gasteiger partial charge on any atom is -0.335 e. The van der Waals surface area contributed by atoms with Crippen LogP contribution in [-0.2, 0) is 20.1 Å². The monoisotopic (exact) mass is 297 g/mol. The zero-order valence-corrected chi connectivity index (χ0v) is 13.5. The van der Waals surface area contributed by atoms with E-state index in [2.05, 4.69) is 56.6 Å². The summed E-state index contributed by atoms with van der Waals surface area (Å²) in [6.45, 7) is 7.03. The Bertz CT molecular complexity index is 755. The molecule has 0 aliphatic rings. The molecule has 2 heterocycles. The molecular weight excluding hydrogens is 274 g/mol. The van der Waals surface area contributed by atoms with E-state index in [0.717, 1.165) is 36.8 Å². The lowest BCUT2D eigenvalue weighted by Crippen LogP contribution is -2.25. The Morgan fingerprint density at radius 2 is 2.09 bits per heavy atom. The lowest BCUT2D eigenvalue weighted by Gasteiger charge is -2.14. The van der Waals surface area contributed by atoms with Gasteiger partial charge in [0.15, 0.2) is 0 Å². The minimum absolute atomic E-state index is 0.544. The highest BCUT2D eigenvalue weighted by Crippen LogP contribution is 2.14. The minimum atomic E-state index is 0.544. The van der Waals surface area contributed by atoms with Gasteiger partial charge in [-0.3, -0.25) is 0 Å². The van der Waals surface area contributed by atoms with Gasteiger partial charge in [0.05, 0.1) is 17.6 Å². The van der Waals surface area contributed by atoms with Crippen LogP contribution >= 0.6 is 0 Å². The zero-order chi connectivity index (χ0) is 15.5. The standard InChI is InChI=1S/C17H23N5/c1-13(12-22-9-8-19-14(22)2)10-18-11-17-20-15-6-4-5-7-16(15)21(17)3/h4-9,13,18H,10-12H2,1-3H3. The second-order valence-electron chi connectivity index (χ2n) is 5.94. The highest BCUT2D eigenvalue weighted by Gasteiger charge is 2.08. The summed E-state index contributed by atoms with van der Waals surface area (Å²) in [6.07, 6.45) is 3.90. The predicted molar refractivity (Wildman–Crippen MR) is 88.5 cm³/mol. The molecule has 0 saturated heterocycles. The van der Waals surface area contributed by atoms with Gasteiger partial charge in [0.1, 0.15) is 11.6 Å². The number of benzene rings is 1. The largest absolute Gasteiger partial charge is 0.335 e. The molecule has 0 fully saturated rings. The van der Waals surface area contributed by atoms with Crippen LogP contribution in [0.25, 0.3) is 11.0 Å². The second kappa shape index (κ2) is 6.32. The molecule has 0 aliphatic carbocycles. The molecule has 1 unspecified atom stereocenters. The van der Waals surface area contributed by atoms with Crippen LogP contribution in [0.4, 0.5) is 0 Å². The van der Waals surface area contributed by atoms with Gasteiger partial charge in [-0.05, 0) is 31.5 Å². The molecule has 0 amide bonds. The number of nitrogens with one attached hydrogen (secondary N) is 1.